The van der Waals surface area contributed by atoms with Crippen LogP contribution in [0.5, 0.6) is 0 Å². The van der Waals surface area contributed by atoms with E-state index in [-0.39, 0.29) is 5.41 Å². The van der Waals surface area contributed by atoms with Gasteiger partial charge in [-0.3, -0.25) is 0 Å². The fourth-order valence-electron chi connectivity index (χ4n) is 1.96. The number of nitrogens with zero attached hydrogens (tertiary/aromatic N) is 1. The second-order valence-corrected chi connectivity index (χ2v) is 6.02. The van der Waals surface area contributed by atoms with E-state index in [0.717, 1.165) is 17.7 Å². The smallest absolute Gasteiger partial charge is 0.119 e. The van der Waals surface area contributed by atoms with Crippen LogP contribution in [-0.2, 0) is 0 Å². The first-order valence-corrected chi connectivity index (χ1v) is 7.44. The van der Waals surface area contributed by atoms with Gasteiger partial charge in [-0.1, -0.05) is 64.7 Å². The summed E-state index contributed by atoms with van der Waals surface area (Å²) < 4.78 is 0. The van der Waals surface area contributed by atoms with Gasteiger partial charge in [0.25, 0.3) is 0 Å². The van der Waals surface area contributed by atoms with Crippen LogP contribution in [0.15, 0.2) is 65.0 Å². The van der Waals surface area contributed by atoms with Gasteiger partial charge in [0.2, 0.25) is 0 Å². The van der Waals surface area contributed by atoms with E-state index in [1.807, 2.05) is 25.2 Å². The topological polar surface area (TPSA) is 38.4 Å². The second-order valence-electron chi connectivity index (χ2n) is 6.02. The van der Waals surface area contributed by atoms with Gasteiger partial charge in [-0.25, -0.2) is 4.99 Å². The third-order valence-corrected chi connectivity index (χ3v) is 2.79. The Bertz CT molecular complexity index is 492. The van der Waals surface area contributed by atoms with Gasteiger partial charge in [0.05, 0.1) is 0 Å². The first kappa shape index (κ1) is 19.2. The largest absolute Gasteiger partial charge is 0.384 e. The molecule has 0 spiro atoms. The first-order valence-electron chi connectivity index (χ1n) is 7.44. The number of nitrogens with two attached hydrogens (primary N) is 1. The third kappa shape index (κ3) is 8.13. The van der Waals surface area contributed by atoms with Crippen LogP contribution in [0.4, 0.5) is 0 Å². The lowest BCUT2D eigenvalue weighted by Crippen LogP contribution is -2.09. The molecule has 0 aliphatic rings. The quantitative estimate of drug-likeness (QED) is 0.521. The van der Waals surface area contributed by atoms with Crippen molar-refractivity contribution in [1.29, 1.82) is 0 Å². The molecule has 2 nitrogen and oxygen atoms in total. The van der Waals surface area contributed by atoms with Crippen molar-refractivity contribution < 1.29 is 0 Å². The third-order valence-electron chi connectivity index (χ3n) is 2.79. The molecule has 0 saturated heterocycles. The average molecular weight is 286 g/mol. The minimum Gasteiger partial charge on any atom is -0.384 e. The summed E-state index contributed by atoms with van der Waals surface area (Å²) in [6.45, 7) is 16.4. The van der Waals surface area contributed by atoms with E-state index in [1.165, 1.54) is 5.57 Å². The van der Waals surface area contributed by atoms with Crippen molar-refractivity contribution in [2.45, 2.75) is 48.0 Å². The van der Waals surface area contributed by atoms with Gasteiger partial charge in [-0.2, -0.15) is 0 Å². The van der Waals surface area contributed by atoms with Crippen molar-refractivity contribution in [1.82, 2.24) is 0 Å². The molecule has 0 aromatic rings. The maximum absolute atomic E-state index is 5.86. The SMILES string of the molecule is C=C/C=C/C=C(C(\C)=C/C(C)(C)C)/C(CC)=N\C(N)=C/C. The van der Waals surface area contributed by atoms with Crippen molar-refractivity contribution >= 4 is 5.71 Å². The number of aliphatic imine (C=N–C) groups is 1. The van der Waals surface area contributed by atoms with Gasteiger partial charge >= 0.3 is 0 Å². The summed E-state index contributed by atoms with van der Waals surface area (Å²) in [4.78, 5) is 4.53. The summed E-state index contributed by atoms with van der Waals surface area (Å²) >= 11 is 0. The Morgan fingerprint density at radius 3 is 2.29 bits per heavy atom. The van der Waals surface area contributed by atoms with Crippen LogP contribution in [0.25, 0.3) is 0 Å². The Morgan fingerprint density at radius 2 is 1.86 bits per heavy atom. The Morgan fingerprint density at radius 1 is 1.24 bits per heavy atom. The molecule has 0 aromatic carbocycles. The van der Waals surface area contributed by atoms with Gasteiger partial charge in [0.15, 0.2) is 0 Å². The summed E-state index contributed by atoms with van der Waals surface area (Å²) in [5, 5.41) is 0. The molecule has 0 aliphatic heterocycles. The maximum atomic E-state index is 5.86. The maximum Gasteiger partial charge on any atom is 0.119 e. The van der Waals surface area contributed by atoms with E-state index in [9.17, 15) is 0 Å². The zero-order chi connectivity index (χ0) is 16.5. The van der Waals surface area contributed by atoms with E-state index in [1.54, 1.807) is 6.08 Å². The molecule has 0 radical (unpaired) electrons. The highest BCUT2D eigenvalue weighted by Crippen LogP contribution is 2.23. The van der Waals surface area contributed by atoms with Crippen molar-refractivity contribution in [3.8, 4) is 0 Å². The zero-order valence-electron chi connectivity index (χ0n) is 14.4. The highest BCUT2D eigenvalue weighted by molar-refractivity contribution is 6.04. The van der Waals surface area contributed by atoms with E-state index in [0.29, 0.717) is 5.82 Å². The van der Waals surface area contributed by atoms with E-state index in [2.05, 4.69) is 58.3 Å². The van der Waals surface area contributed by atoms with Crippen LogP contribution >= 0.6 is 0 Å². The molecule has 0 aromatic heterocycles. The monoisotopic (exact) mass is 286 g/mol. The van der Waals surface area contributed by atoms with Crippen molar-refractivity contribution in [2.75, 3.05) is 0 Å². The Kier molecular flexibility index (Phi) is 8.37. The number of hydrogen-bond donors (Lipinski definition) is 1. The molecule has 0 fully saturated rings. The van der Waals surface area contributed by atoms with Gasteiger partial charge in [0.1, 0.15) is 5.82 Å². The minimum atomic E-state index is 0.121. The molecule has 0 aliphatic carbocycles. The minimum absolute atomic E-state index is 0.121. The molecule has 0 heterocycles. The normalized spacial score (nSPS) is 15.7. The predicted molar refractivity (Wildman–Crippen MR) is 96.3 cm³/mol. The molecule has 116 valence electrons. The molecule has 0 unspecified atom stereocenters. The summed E-state index contributed by atoms with van der Waals surface area (Å²) in [6, 6.07) is 0. The molecule has 0 bridgehead atoms. The van der Waals surface area contributed by atoms with Crippen LogP contribution in [0.1, 0.15) is 48.0 Å². The second kappa shape index (κ2) is 9.17. The molecular formula is C19H30N2. The van der Waals surface area contributed by atoms with Crippen LogP contribution in [0.2, 0.25) is 0 Å². The van der Waals surface area contributed by atoms with Crippen LogP contribution in [0, 0.1) is 5.41 Å². The van der Waals surface area contributed by atoms with Crippen LogP contribution in [-0.4, -0.2) is 5.71 Å². The van der Waals surface area contributed by atoms with E-state index in [4.69, 9.17) is 5.73 Å². The number of rotatable bonds is 6. The van der Waals surface area contributed by atoms with Crippen molar-refractivity contribution in [3.63, 3.8) is 0 Å². The molecular weight excluding hydrogens is 256 g/mol. The molecule has 21 heavy (non-hydrogen) atoms. The molecule has 0 amide bonds. The summed E-state index contributed by atoms with van der Waals surface area (Å²) in [7, 11) is 0. The fourth-order valence-corrected chi connectivity index (χ4v) is 1.96. The van der Waals surface area contributed by atoms with Crippen molar-refractivity contribution in [2.24, 2.45) is 16.1 Å². The first-order chi connectivity index (χ1) is 9.75. The molecule has 0 saturated carbocycles. The fraction of sp³-hybridized carbons (Fsp3) is 0.421. The average Bonchev–Trinajstić information content (AvgIpc) is 2.39. The van der Waals surface area contributed by atoms with Gasteiger partial charge in [-0.15, -0.1) is 0 Å². The predicted octanol–water partition coefficient (Wildman–Crippen LogP) is 5.32. The van der Waals surface area contributed by atoms with Gasteiger partial charge < -0.3 is 5.73 Å². The standard InChI is InChI=1S/C19H30N2/c1-8-11-12-13-16(15(4)14-19(5,6)7)17(9-2)21-18(20)10-3/h8,10-14H,1,9,20H2,2-7H3/b12-11+,15-14-,16-13+,18-10-,21-17-. The van der Waals surface area contributed by atoms with E-state index < -0.39 is 0 Å². The molecule has 0 atom stereocenters. The lowest BCUT2D eigenvalue weighted by atomic mass is 9.89. The summed E-state index contributed by atoms with van der Waals surface area (Å²) in [5.41, 5.74) is 9.31. The van der Waals surface area contributed by atoms with Gasteiger partial charge in [-0.05, 0) is 42.9 Å². The summed E-state index contributed by atoms with van der Waals surface area (Å²) in [6.07, 6.45) is 12.6. The number of hydrogen-bond acceptors (Lipinski definition) is 2. The highest BCUT2D eigenvalue weighted by atomic mass is 14.9. The number of allylic oxidation sites excluding steroid dienone is 8. The lowest BCUT2D eigenvalue weighted by Gasteiger charge is -2.17. The van der Waals surface area contributed by atoms with Crippen molar-refractivity contribution in [3.05, 3.63) is 60.0 Å². The van der Waals surface area contributed by atoms with Gasteiger partial charge in [0, 0.05) is 5.71 Å². The summed E-state index contributed by atoms with van der Waals surface area (Å²) in [5.74, 6) is 0.550. The highest BCUT2D eigenvalue weighted by Gasteiger charge is 2.12. The van der Waals surface area contributed by atoms with E-state index >= 15 is 0 Å². The Balaban J connectivity index is 5.88. The van der Waals surface area contributed by atoms with Crippen LogP contribution in [0.3, 0.4) is 0 Å². The molecule has 2 N–H and O–H groups in total. The Labute approximate surface area is 130 Å². The Hall–Kier alpha value is -1.83. The van der Waals surface area contributed by atoms with Crippen LogP contribution < -0.4 is 5.73 Å². The lowest BCUT2D eigenvalue weighted by molar-refractivity contribution is 0.541. The molecule has 0 rings (SSSR count). The zero-order valence-corrected chi connectivity index (χ0v) is 14.4. The molecule has 2 heteroatoms.